The Labute approximate surface area is 125 Å². The van der Waals surface area contributed by atoms with E-state index >= 15 is 0 Å². The molecule has 1 aliphatic carbocycles. The van der Waals surface area contributed by atoms with Crippen LogP contribution >= 0.6 is 11.6 Å². The molecule has 1 saturated carbocycles. The van der Waals surface area contributed by atoms with Crippen LogP contribution in [0.15, 0.2) is 24.3 Å². The quantitative estimate of drug-likeness (QED) is 0.836. The largest absolute Gasteiger partial charge is 0.356 e. The topological polar surface area (TPSA) is 27.8 Å². The van der Waals surface area contributed by atoms with Crippen LogP contribution in [0, 0.1) is 11.8 Å². The van der Waals surface area contributed by atoms with Crippen molar-refractivity contribution < 1.29 is 0 Å². The van der Waals surface area contributed by atoms with E-state index in [1.165, 1.54) is 25.7 Å². The molecule has 108 valence electrons. The van der Waals surface area contributed by atoms with Gasteiger partial charge in [0.05, 0.1) is 5.02 Å². The smallest absolute Gasteiger partial charge is 0.0705 e. The van der Waals surface area contributed by atoms with Gasteiger partial charge in [-0.1, -0.05) is 49.6 Å². The summed E-state index contributed by atoms with van der Waals surface area (Å²) in [6, 6.07) is 8.21. The van der Waals surface area contributed by atoms with Gasteiger partial charge in [0.1, 0.15) is 0 Å². The van der Waals surface area contributed by atoms with Gasteiger partial charge in [-0.05, 0) is 37.3 Å². The molecule has 2 nitrogen and oxygen atoms in total. The van der Waals surface area contributed by atoms with E-state index in [2.05, 4.69) is 29.4 Å². The molecule has 1 aliphatic rings. The van der Waals surface area contributed by atoms with E-state index < -0.39 is 0 Å². The summed E-state index contributed by atoms with van der Waals surface area (Å²) in [6.07, 6.45) is 5.52. The highest BCUT2D eigenvalue weighted by Crippen LogP contribution is 2.29. The van der Waals surface area contributed by atoms with Crippen molar-refractivity contribution in [1.82, 2.24) is 10.3 Å². The zero-order valence-corrected chi connectivity index (χ0v) is 12.8. The first-order valence-corrected chi connectivity index (χ1v) is 8.07. The maximum atomic E-state index is 6.43. The van der Waals surface area contributed by atoms with Gasteiger partial charge in [-0.25, -0.2) is 0 Å². The number of rotatable bonds is 4. The molecule has 1 aromatic heterocycles. The van der Waals surface area contributed by atoms with Crippen molar-refractivity contribution in [1.29, 1.82) is 0 Å². The van der Waals surface area contributed by atoms with Crippen LogP contribution in [0.2, 0.25) is 5.02 Å². The van der Waals surface area contributed by atoms with Crippen LogP contribution in [0.5, 0.6) is 0 Å². The van der Waals surface area contributed by atoms with Crippen LogP contribution in [-0.4, -0.2) is 11.5 Å². The van der Waals surface area contributed by atoms with E-state index in [1.54, 1.807) is 0 Å². The van der Waals surface area contributed by atoms with E-state index in [0.29, 0.717) is 0 Å². The van der Waals surface area contributed by atoms with Crippen LogP contribution in [0.4, 0.5) is 0 Å². The molecular formula is C17H23ClN2. The van der Waals surface area contributed by atoms with Crippen LogP contribution in [-0.2, 0) is 6.54 Å². The van der Waals surface area contributed by atoms with Gasteiger partial charge in [0.2, 0.25) is 0 Å². The first-order chi connectivity index (χ1) is 9.74. The molecule has 0 spiro atoms. The number of fused-ring (bicyclic) bond motifs is 1. The number of halogens is 1. The molecule has 1 heterocycles. The molecule has 0 bridgehead atoms. The molecule has 3 heteroatoms. The van der Waals surface area contributed by atoms with Gasteiger partial charge in [-0.15, -0.1) is 0 Å². The number of para-hydroxylation sites is 1. The summed E-state index contributed by atoms with van der Waals surface area (Å²) in [5, 5.41) is 5.56. The summed E-state index contributed by atoms with van der Waals surface area (Å²) in [6.45, 7) is 4.31. The zero-order valence-electron chi connectivity index (χ0n) is 12.1. The maximum Gasteiger partial charge on any atom is 0.0705 e. The number of hydrogen-bond donors (Lipinski definition) is 2. The summed E-state index contributed by atoms with van der Waals surface area (Å²) in [5.74, 6) is 1.77. The number of nitrogens with one attached hydrogen (secondary N) is 2. The van der Waals surface area contributed by atoms with Crippen LogP contribution in [0.1, 0.15) is 38.3 Å². The third kappa shape index (κ3) is 3.02. The van der Waals surface area contributed by atoms with Crippen molar-refractivity contribution in [2.24, 2.45) is 11.8 Å². The molecular weight excluding hydrogens is 268 g/mol. The van der Waals surface area contributed by atoms with Crippen molar-refractivity contribution in [3.8, 4) is 0 Å². The Hall–Kier alpha value is -0.990. The predicted molar refractivity (Wildman–Crippen MR) is 86.1 cm³/mol. The lowest BCUT2D eigenvalue weighted by atomic mass is 9.83. The minimum Gasteiger partial charge on any atom is -0.356 e. The summed E-state index contributed by atoms with van der Waals surface area (Å²) >= 11 is 6.43. The van der Waals surface area contributed by atoms with E-state index in [4.69, 9.17) is 11.6 Å². The second kappa shape index (κ2) is 6.19. The maximum absolute atomic E-state index is 6.43. The van der Waals surface area contributed by atoms with Crippen molar-refractivity contribution in [2.45, 2.75) is 39.2 Å². The number of benzene rings is 1. The Bertz CT molecular complexity index is 567. The van der Waals surface area contributed by atoms with E-state index in [-0.39, 0.29) is 0 Å². The SMILES string of the molecule is CC1CCC(CNCc2[nH]c3ccccc3c2Cl)CC1. The van der Waals surface area contributed by atoms with Gasteiger partial charge in [0.15, 0.2) is 0 Å². The Morgan fingerprint density at radius 3 is 2.70 bits per heavy atom. The van der Waals surface area contributed by atoms with Gasteiger partial charge in [-0.3, -0.25) is 0 Å². The molecule has 2 N–H and O–H groups in total. The van der Waals surface area contributed by atoms with Crippen LogP contribution in [0.3, 0.4) is 0 Å². The monoisotopic (exact) mass is 290 g/mol. The van der Waals surface area contributed by atoms with E-state index in [0.717, 1.165) is 46.5 Å². The summed E-state index contributed by atoms with van der Waals surface area (Å²) in [7, 11) is 0. The third-order valence-corrected chi connectivity index (χ3v) is 5.02. The molecule has 2 aromatic rings. The molecule has 0 aliphatic heterocycles. The Kier molecular flexibility index (Phi) is 4.32. The highest BCUT2D eigenvalue weighted by Gasteiger charge is 2.18. The lowest BCUT2D eigenvalue weighted by Gasteiger charge is -2.26. The normalized spacial score (nSPS) is 23.3. The van der Waals surface area contributed by atoms with Crippen molar-refractivity contribution >= 4 is 22.5 Å². The standard InChI is InChI=1S/C17H23ClN2/c1-12-6-8-13(9-7-12)10-19-11-16-17(18)14-4-2-3-5-15(14)20-16/h2-5,12-13,19-20H,6-11H2,1H3. The van der Waals surface area contributed by atoms with Crippen molar-refractivity contribution in [2.75, 3.05) is 6.54 Å². The number of aromatic nitrogens is 1. The number of hydrogen-bond acceptors (Lipinski definition) is 1. The van der Waals surface area contributed by atoms with Gasteiger partial charge in [0.25, 0.3) is 0 Å². The van der Waals surface area contributed by atoms with Gasteiger partial charge in [-0.2, -0.15) is 0 Å². The Balaban J connectivity index is 1.56. The fraction of sp³-hybridized carbons (Fsp3) is 0.529. The molecule has 1 fully saturated rings. The Morgan fingerprint density at radius 1 is 1.20 bits per heavy atom. The van der Waals surface area contributed by atoms with Gasteiger partial charge < -0.3 is 10.3 Å². The van der Waals surface area contributed by atoms with Crippen LogP contribution < -0.4 is 5.32 Å². The number of aromatic amines is 1. The second-order valence-corrected chi connectivity index (χ2v) is 6.60. The Morgan fingerprint density at radius 2 is 1.95 bits per heavy atom. The van der Waals surface area contributed by atoms with Gasteiger partial charge >= 0.3 is 0 Å². The molecule has 0 atom stereocenters. The second-order valence-electron chi connectivity index (χ2n) is 6.22. The fourth-order valence-corrected chi connectivity index (χ4v) is 3.50. The minimum atomic E-state index is 0.833. The highest BCUT2D eigenvalue weighted by molar-refractivity contribution is 6.36. The zero-order chi connectivity index (χ0) is 13.9. The van der Waals surface area contributed by atoms with Crippen molar-refractivity contribution in [3.05, 3.63) is 35.0 Å². The van der Waals surface area contributed by atoms with Crippen molar-refractivity contribution in [3.63, 3.8) is 0 Å². The lowest BCUT2D eigenvalue weighted by molar-refractivity contribution is 0.281. The van der Waals surface area contributed by atoms with Gasteiger partial charge in [0, 0.05) is 23.1 Å². The average Bonchev–Trinajstić information content (AvgIpc) is 2.78. The summed E-state index contributed by atoms with van der Waals surface area (Å²) in [5.41, 5.74) is 2.23. The first-order valence-electron chi connectivity index (χ1n) is 7.70. The fourth-order valence-electron chi connectivity index (χ4n) is 3.22. The lowest BCUT2D eigenvalue weighted by Crippen LogP contribution is -2.25. The molecule has 3 rings (SSSR count). The molecule has 20 heavy (non-hydrogen) atoms. The minimum absolute atomic E-state index is 0.833. The predicted octanol–water partition coefficient (Wildman–Crippen LogP) is 4.74. The first kappa shape index (κ1) is 14.0. The molecule has 0 amide bonds. The summed E-state index contributed by atoms with van der Waals surface area (Å²) < 4.78 is 0. The van der Waals surface area contributed by atoms with Crippen LogP contribution in [0.25, 0.3) is 10.9 Å². The highest BCUT2D eigenvalue weighted by atomic mass is 35.5. The molecule has 1 aromatic carbocycles. The molecule has 0 unspecified atom stereocenters. The molecule has 0 radical (unpaired) electrons. The number of H-pyrrole nitrogens is 1. The third-order valence-electron chi connectivity index (χ3n) is 4.58. The van der Waals surface area contributed by atoms with E-state index in [9.17, 15) is 0 Å². The average molecular weight is 291 g/mol. The summed E-state index contributed by atoms with van der Waals surface area (Å²) in [4.78, 5) is 3.41. The van der Waals surface area contributed by atoms with E-state index in [1.807, 2.05) is 12.1 Å². The molecule has 0 saturated heterocycles.